The summed E-state index contributed by atoms with van der Waals surface area (Å²) in [4.78, 5) is 24.3. The number of rotatable bonds is 15. The number of esters is 2. The molecule has 23 heavy (non-hydrogen) atoms. The highest BCUT2D eigenvalue weighted by Crippen LogP contribution is 2.15. The van der Waals surface area contributed by atoms with Gasteiger partial charge in [0, 0.05) is 0 Å². The Bertz CT molecular complexity index is 301. The molecular weight excluding hydrogens is 292 g/mol. The molecule has 0 bridgehead atoms. The fourth-order valence-corrected chi connectivity index (χ4v) is 2.22. The molecule has 0 aromatic rings. The largest absolute Gasteiger partial charge is 0.465 e. The van der Waals surface area contributed by atoms with Crippen molar-refractivity contribution in [3.8, 4) is 0 Å². The monoisotopic (exact) mass is 326 g/mol. The SMILES string of the molecule is C=CCCCCC(C(=O)OCCCCC)C(=O)OCCCCC. The van der Waals surface area contributed by atoms with Crippen molar-refractivity contribution >= 4 is 11.9 Å². The first-order valence-electron chi connectivity index (χ1n) is 9.11. The number of unbranched alkanes of at least 4 members (excludes halogenated alkanes) is 6. The quantitative estimate of drug-likeness (QED) is 0.187. The van der Waals surface area contributed by atoms with Gasteiger partial charge in [-0.25, -0.2) is 0 Å². The Hall–Kier alpha value is -1.32. The minimum absolute atomic E-state index is 0.388. The minimum atomic E-state index is -0.775. The van der Waals surface area contributed by atoms with Gasteiger partial charge in [0.1, 0.15) is 0 Å². The Morgan fingerprint density at radius 3 is 1.83 bits per heavy atom. The van der Waals surface area contributed by atoms with Gasteiger partial charge in [0.25, 0.3) is 0 Å². The summed E-state index contributed by atoms with van der Waals surface area (Å²) in [6.07, 6.45) is 10.8. The van der Waals surface area contributed by atoms with E-state index in [1.54, 1.807) is 0 Å². The highest BCUT2D eigenvalue weighted by atomic mass is 16.6. The number of carbonyl (C=O) groups excluding carboxylic acids is 2. The van der Waals surface area contributed by atoms with E-state index >= 15 is 0 Å². The Labute approximate surface area is 141 Å². The summed E-state index contributed by atoms with van der Waals surface area (Å²) < 4.78 is 10.5. The van der Waals surface area contributed by atoms with Crippen LogP contribution in [0.15, 0.2) is 12.7 Å². The first-order chi connectivity index (χ1) is 11.2. The Balaban J connectivity index is 4.31. The van der Waals surface area contributed by atoms with Crippen LogP contribution in [0.4, 0.5) is 0 Å². The van der Waals surface area contributed by atoms with Gasteiger partial charge in [-0.1, -0.05) is 52.0 Å². The standard InChI is InChI=1S/C19H34O4/c1-4-7-10-11-14-17(18(20)22-15-12-8-5-2)19(21)23-16-13-9-6-3/h4,17H,1,5-16H2,2-3H3. The molecule has 0 fully saturated rings. The van der Waals surface area contributed by atoms with E-state index in [1.807, 2.05) is 6.08 Å². The molecule has 0 radical (unpaired) electrons. The number of carbonyl (C=O) groups is 2. The molecule has 0 N–H and O–H groups in total. The van der Waals surface area contributed by atoms with Gasteiger partial charge in [-0.05, 0) is 32.1 Å². The summed E-state index contributed by atoms with van der Waals surface area (Å²) in [6.45, 7) is 8.65. The molecule has 0 aliphatic rings. The fraction of sp³-hybridized carbons (Fsp3) is 0.789. The molecule has 0 amide bonds. The molecule has 0 aliphatic carbocycles. The van der Waals surface area contributed by atoms with E-state index in [0.29, 0.717) is 19.6 Å². The first-order valence-corrected chi connectivity index (χ1v) is 9.11. The molecule has 0 aromatic carbocycles. The molecule has 4 heteroatoms. The zero-order valence-electron chi connectivity index (χ0n) is 15.0. The smallest absolute Gasteiger partial charge is 0.320 e. The maximum absolute atomic E-state index is 12.2. The summed E-state index contributed by atoms with van der Waals surface area (Å²) in [5, 5.41) is 0. The van der Waals surface area contributed by atoms with Gasteiger partial charge in [0.2, 0.25) is 0 Å². The maximum Gasteiger partial charge on any atom is 0.320 e. The molecule has 0 aromatic heterocycles. The Kier molecular flexibility index (Phi) is 14.7. The Morgan fingerprint density at radius 1 is 0.870 bits per heavy atom. The van der Waals surface area contributed by atoms with Crippen LogP contribution in [0.25, 0.3) is 0 Å². The average Bonchev–Trinajstić information content (AvgIpc) is 2.55. The first kappa shape index (κ1) is 21.7. The molecule has 4 nitrogen and oxygen atoms in total. The molecule has 134 valence electrons. The van der Waals surface area contributed by atoms with Gasteiger partial charge in [-0.3, -0.25) is 9.59 Å². The normalized spacial score (nSPS) is 10.6. The second-order valence-corrected chi connectivity index (χ2v) is 5.87. The van der Waals surface area contributed by atoms with Crippen LogP contribution in [-0.2, 0) is 19.1 Å². The van der Waals surface area contributed by atoms with Crippen LogP contribution in [0, 0.1) is 5.92 Å². The lowest BCUT2D eigenvalue weighted by atomic mass is 10.0. The van der Waals surface area contributed by atoms with Crippen molar-refractivity contribution in [2.75, 3.05) is 13.2 Å². The van der Waals surface area contributed by atoms with Crippen molar-refractivity contribution in [1.82, 2.24) is 0 Å². The predicted octanol–water partition coefficient (Wildman–Crippen LogP) is 4.82. The van der Waals surface area contributed by atoms with E-state index in [0.717, 1.165) is 57.8 Å². The lowest BCUT2D eigenvalue weighted by Gasteiger charge is -2.15. The van der Waals surface area contributed by atoms with Gasteiger partial charge in [0.15, 0.2) is 5.92 Å². The third-order valence-corrected chi connectivity index (χ3v) is 3.70. The van der Waals surface area contributed by atoms with Crippen molar-refractivity contribution in [3.63, 3.8) is 0 Å². The number of allylic oxidation sites excluding steroid dienone is 1. The third kappa shape index (κ3) is 11.8. The van der Waals surface area contributed by atoms with E-state index in [-0.39, 0.29) is 0 Å². The van der Waals surface area contributed by atoms with Crippen LogP contribution in [-0.4, -0.2) is 25.2 Å². The van der Waals surface area contributed by atoms with Crippen molar-refractivity contribution in [3.05, 3.63) is 12.7 Å². The lowest BCUT2D eigenvalue weighted by molar-refractivity contribution is -0.162. The van der Waals surface area contributed by atoms with Gasteiger partial charge in [0.05, 0.1) is 13.2 Å². The van der Waals surface area contributed by atoms with Crippen LogP contribution >= 0.6 is 0 Å². The van der Waals surface area contributed by atoms with Gasteiger partial charge in [-0.2, -0.15) is 0 Å². The highest BCUT2D eigenvalue weighted by molar-refractivity contribution is 5.94. The molecule has 0 saturated heterocycles. The van der Waals surface area contributed by atoms with E-state index in [1.165, 1.54) is 0 Å². The molecule has 0 unspecified atom stereocenters. The van der Waals surface area contributed by atoms with Gasteiger partial charge >= 0.3 is 11.9 Å². The Morgan fingerprint density at radius 2 is 1.39 bits per heavy atom. The minimum Gasteiger partial charge on any atom is -0.465 e. The van der Waals surface area contributed by atoms with Crippen molar-refractivity contribution < 1.29 is 19.1 Å². The van der Waals surface area contributed by atoms with Crippen LogP contribution < -0.4 is 0 Å². The fourth-order valence-electron chi connectivity index (χ4n) is 2.22. The van der Waals surface area contributed by atoms with Crippen LogP contribution in [0.5, 0.6) is 0 Å². The predicted molar refractivity (Wildman–Crippen MR) is 93.1 cm³/mol. The summed E-state index contributed by atoms with van der Waals surface area (Å²) in [7, 11) is 0. The van der Waals surface area contributed by atoms with Gasteiger partial charge < -0.3 is 9.47 Å². The molecule has 0 rings (SSSR count). The van der Waals surface area contributed by atoms with Crippen molar-refractivity contribution in [1.29, 1.82) is 0 Å². The summed E-state index contributed by atoms with van der Waals surface area (Å²) in [6, 6.07) is 0. The van der Waals surface area contributed by atoms with Crippen molar-refractivity contribution in [2.24, 2.45) is 5.92 Å². The molecule has 0 spiro atoms. The third-order valence-electron chi connectivity index (χ3n) is 3.70. The van der Waals surface area contributed by atoms with E-state index in [9.17, 15) is 9.59 Å². The maximum atomic E-state index is 12.2. The molecule has 0 atom stereocenters. The lowest BCUT2D eigenvalue weighted by Crippen LogP contribution is -2.28. The highest BCUT2D eigenvalue weighted by Gasteiger charge is 2.29. The zero-order valence-corrected chi connectivity index (χ0v) is 15.0. The molecule has 0 saturated carbocycles. The number of hydrogen-bond donors (Lipinski definition) is 0. The number of ether oxygens (including phenoxy) is 2. The molecular formula is C19H34O4. The molecule has 0 aliphatic heterocycles. The summed E-state index contributed by atoms with van der Waals surface area (Å²) in [5.74, 6) is -1.64. The topological polar surface area (TPSA) is 52.6 Å². The van der Waals surface area contributed by atoms with E-state index < -0.39 is 17.9 Å². The summed E-state index contributed by atoms with van der Waals surface area (Å²) >= 11 is 0. The molecule has 0 heterocycles. The van der Waals surface area contributed by atoms with Crippen molar-refractivity contribution in [2.45, 2.75) is 78.1 Å². The van der Waals surface area contributed by atoms with E-state index in [2.05, 4.69) is 20.4 Å². The van der Waals surface area contributed by atoms with E-state index in [4.69, 9.17) is 9.47 Å². The van der Waals surface area contributed by atoms with Gasteiger partial charge in [-0.15, -0.1) is 6.58 Å². The zero-order chi connectivity index (χ0) is 17.3. The van der Waals surface area contributed by atoms with Crippen LogP contribution in [0.2, 0.25) is 0 Å². The summed E-state index contributed by atoms with van der Waals surface area (Å²) in [5.41, 5.74) is 0. The van der Waals surface area contributed by atoms with Crippen LogP contribution in [0.1, 0.15) is 78.1 Å². The second-order valence-electron chi connectivity index (χ2n) is 5.87. The second kappa shape index (κ2) is 15.6. The number of hydrogen-bond acceptors (Lipinski definition) is 4. The van der Waals surface area contributed by atoms with Crippen LogP contribution in [0.3, 0.4) is 0 Å². The average molecular weight is 326 g/mol.